The van der Waals surface area contributed by atoms with E-state index in [2.05, 4.69) is 22.4 Å². The average Bonchev–Trinajstić information content (AvgIpc) is 3.04. The molecule has 2 fully saturated rings. The molecular weight excluding hydrogens is 214 g/mol. The van der Waals surface area contributed by atoms with Crippen LogP contribution in [0.25, 0.3) is 0 Å². The van der Waals surface area contributed by atoms with Crippen LogP contribution in [-0.4, -0.2) is 16.2 Å². The highest BCUT2D eigenvalue weighted by Crippen LogP contribution is 2.34. The maximum absolute atomic E-state index is 5.31. The third kappa shape index (κ3) is 2.86. The summed E-state index contributed by atoms with van der Waals surface area (Å²) in [6.07, 6.45) is 7.68. The zero-order valence-corrected chi connectivity index (χ0v) is 10.5. The maximum atomic E-state index is 5.31. The zero-order chi connectivity index (χ0) is 11.7. The molecule has 4 nitrogen and oxygen atoms in total. The molecule has 1 heterocycles. The first kappa shape index (κ1) is 11.2. The first-order valence-corrected chi connectivity index (χ1v) is 6.87. The fraction of sp³-hybridized carbons (Fsp3) is 0.846. The smallest absolute Gasteiger partial charge is 0.240 e. The third-order valence-corrected chi connectivity index (χ3v) is 3.90. The van der Waals surface area contributed by atoms with Gasteiger partial charge in [-0.1, -0.05) is 24.9 Å². The molecule has 0 bridgehead atoms. The lowest BCUT2D eigenvalue weighted by Crippen LogP contribution is -2.16. The Hall–Kier alpha value is -0.900. The minimum absolute atomic E-state index is 0.525. The van der Waals surface area contributed by atoms with Crippen molar-refractivity contribution in [3.8, 4) is 0 Å². The largest absolute Gasteiger partial charge is 0.338 e. The van der Waals surface area contributed by atoms with E-state index >= 15 is 0 Å². The summed E-state index contributed by atoms with van der Waals surface area (Å²) in [5, 5.41) is 7.55. The van der Waals surface area contributed by atoms with E-state index in [0.29, 0.717) is 12.0 Å². The van der Waals surface area contributed by atoms with E-state index in [1.54, 1.807) is 0 Å². The van der Waals surface area contributed by atoms with Gasteiger partial charge in [0, 0.05) is 12.0 Å². The minimum atomic E-state index is 0.525. The Bertz CT molecular complexity index is 372. The fourth-order valence-corrected chi connectivity index (χ4v) is 2.69. The van der Waals surface area contributed by atoms with E-state index < -0.39 is 0 Å². The summed E-state index contributed by atoms with van der Waals surface area (Å²) in [7, 11) is 0. The third-order valence-electron chi connectivity index (χ3n) is 3.90. The molecule has 0 aromatic carbocycles. The van der Waals surface area contributed by atoms with E-state index in [9.17, 15) is 0 Å². The van der Waals surface area contributed by atoms with Crippen molar-refractivity contribution in [2.75, 3.05) is 0 Å². The second-order valence-electron chi connectivity index (χ2n) is 5.67. The predicted molar refractivity (Wildman–Crippen MR) is 64.5 cm³/mol. The SMILES string of the molecule is CC1CCCC(c2noc(CNC3CC3)n2)C1. The van der Waals surface area contributed by atoms with Crippen molar-refractivity contribution in [2.24, 2.45) is 5.92 Å². The summed E-state index contributed by atoms with van der Waals surface area (Å²) in [5.41, 5.74) is 0. The molecule has 0 spiro atoms. The fourth-order valence-electron chi connectivity index (χ4n) is 2.69. The molecule has 94 valence electrons. The van der Waals surface area contributed by atoms with Gasteiger partial charge in [0.25, 0.3) is 0 Å². The van der Waals surface area contributed by atoms with Crippen molar-refractivity contribution in [1.29, 1.82) is 0 Å². The lowest BCUT2D eigenvalue weighted by Gasteiger charge is -2.23. The van der Waals surface area contributed by atoms with E-state index in [1.807, 2.05) is 0 Å². The van der Waals surface area contributed by atoms with E-state index in [-0.39, 0.29) is 0 Å². The van der Waals surface area contributed by atoms with Crippen LogP contribution in [0.4, 0.5) is 0 Å². The van der Waals surface area contributed by atoms with Gasteiger partial charge in [-0.15, -0.1) is 0 Å². The van der Waals surface area contributed by atoms with Gasteiger partial charge in [-0.3, -0.25) is 0 Å². The molecule has 4 heteroatoms. The number of nitrogens with zero attached hydrogens (tertiary/aromatic N) is 2. The molecule has 2 atom stereocenters. The van der Waals surface area contributed by atoms with Gasteiger partial charge in [0.15, 0.2) is 5.82 Å². The molecule has 1 aromatic heterocycles. The normalized spacial score (nSPS) is 29.5. The zero-order valence-electron chi connectivity index (χ0n) is 10.5. The van der Waals surface area contributed by atoms with Crippen LogP contribution in [0.5, 0.6) is 0 Å². The Balaban J connectivity index is 1.58. The number of hydrogen-bond donors (Lipinski definition) is 1. The second kappa shape index (κ2) is 4.77. The Morgan fingerprint density at radius 3 is 2.94 bits per heavy atom. The number of rotatable bonds is 4. The lowest BCUT2D eigenvalue weighted by atomic mass is 9.82. The highest BCUT2D eigenvalue weighted by Gasteiger charge is 2.25. The molecule has 3 rings (SSSR count). The summed E-state index contributed by atoms with van der Waals surface area (Å²) >= 11 is 0. The molecule has 1 N–H and O–H groups in total. The molecular formula is C13H21N3O. The Kier molecular flexibility index (Phi) is 3.14. The van der Waals surface area contributed by atoms with Gasteiger partial charge in [-0.25, -0.2) is 0 Å². The lowest BCUT2D eigenvalue weighted by molar-refractivity contribution is 0.318. The Labute approximate surface area is 102 Å². The molecule has 0 saturated heterocycles. The summed E-state index contributed by atoms with van der Waals surface area (Å²) in [4.78, 5) is 4.53. The van der Waals surface area contributed by atoms with Crippen molar-refractivity contribution in [3.63, 3.8) is 0 Å². The Morgan fingerprint density at radius 1 is 1.29 bits per heavy atom. The number of aromatic nitrogens is 2. The molecule has 2 aliphatic rings. The molecule has 17 heavy (non-hydrogen) atoms. The minimum Gasteiger partial charge on any atom is -0.338 e. The summed E-state index contributed by atoms with van der Waals surface area (Å²) in [6, 6.07) is 0.694. The van der Waals surface area contributed by atoms with E-state index in [1.165, 1.54) is 38.5 Å². The van der Waals surface area contributed by atoms with Crippen LogP contribution in [0.2, 0.25) is 0 Å². The first-order chi connectivity index (χ1) is 8.31. The van der Waals surface area contributed by atoms with Crippen LogP contribution in [0.3, 0.4) is 0 Å². The predicted octanol–water partition coefficient (Wildman–Crippen LogP) is 2.62. The van der Waals surface area contributed by atoms with Crippen molar-refractivity contribution in [3.05, 3.63) is 11.7 Å². The summed E-state index contributed by atoms with van der Waals surface area (Å²) < 4.78 is 5.31. The van der Waals surface area contributed by atoms with Crippen LogP contribution in [0, 0.1) is 5.92 Å². The molecule has 2 saturated carbocycles. The number of hydrogen-bond acceptors (Lipinski definition) is 4. The maximum Gasteiger partial charge on any atom is 0.240 e. The van der Waals surface area contributed by atoms with Crippen molar-refractivity contribution in [2.45, 2.75) is 64.0 Å². The van der Waals surface area contributed by atoms with E-state index in [0.717, 1.165) is 24.2 Å². The van der Waals surface area contributed by atoms with Crippen molar-refractivity contribution >= 4 is 0 Å². The van der Waals surface area contributed by atoms with Crippen LogP contribution < -0.4 is 5.32 Å². The van der Waals surface area contributed by atoms with Crippen LogP contribution >= 0.6 is 0 Å². The number of nitrogens with one attached hydrogen (secondary N) is 1. The summed E-state index contributed by atoms with van der Waals surface area (Å²) in [6.45, 7) is 3.06. The van der Waals surface area contributed by atoms with Crippen molar-refractivity contribution in [1.82, 2.24) is 15.5 Å². The van der Waals surface area contributed by atoms with Gasteiger partial charge < -0.3 is 9.84 Å². The van der Waals surface area contributed by atoms with Crippen molar-refractivity contribution < 1.29 is 4.52 Å². The second-order valence-corrected chi connectivity index (χ2v) is 5.67. The molecule has 0 amide bonds. The Morgan fingerprint density at radius 2 is 2.18 bits per heavy atom. The van der Waals surface area contributed by atoms with Crippen LogP contribution in [0.1, 0.15) is 63.1 Å². The van der Waals surface area contributed by atoms with Gasteiger partial charge in [0.05, 0.1) is 6.54 Å². The monoisotopic (exact) mass is 235 g/mol. The highest BCUT2D eigenvalue weighted by molar-refractivity contribution is 4.98. The first-order valence-electron chi connectivity index (χ1n) is 6.87. The van der Waals surface area contributed by atoms with Gasteiger partial charge in [-0.2, -0.15) is 4.98 Å². The quantitative estimate of drug-likeness (QED) is 0.871. The van der Waals surface area contributed by atoms with Crippen LogP contribution in [-0.2, 0) is 6.54 Å². The molecule has 0 radical (unpaired) electrons. The topological polar surface area (TPSA) is 51.0 Å². The standard InChI is InChI=1S/C13H21N3O/c1-9-3-2-4-10(7-9)13-15-12(17-16-13)8-14-11-5-6-11/h9-11,14H,2-8H2,1H3. The average molecular weight is 235 g/mol. The van der Waals surface area contributed by atoms with Gasteiger partial charge in [-0.05, 0) is 31.6 Å². The van der Waals surface area contributed by atoms with Gasteiger partial charge in [0.2, 0.25) is 5.89 Å². The molecule has 2 aliphatic carbocycles. The molecule has 2 unspecified atom stereocenters. The summed E-state index contributed by atoms with van der Waals surface area (Å²) in [5.74, 6) is 3.02. The van der Waals surface area contributed by atoms with E-state index in [4.69, 9.17) is 4.52 Å². The van der Waals surface area contributed by atoms with Gasteiger partial charge >= 0.3 is 0 Å². The highest BCUT2D eigenvalue weighted by atomic mass is 16.5. The van der Waals surface area contributed by atoms with Gasteiger partial charge in [0.1, 0.15) is 0 Å². The molecule has 0 aliphatic heterocycles. The van der Waals surface area contributed by atoms with Crippen LogP contribution in [0.15, 0.2) is 4.52 Å². The molecule has 1 aromatic rings.